The summed E-state index contributed by atoms with van der Waals surface area (Å²) in [5, 5.41) is 3.34. The molecule has 1 atom stereocenters. The average Bonchev–Trinajstić information content (AvgIpc) is 2.47. The maximum absolute atomic E-state index is 10.7. The lowest BCUT2D eigenvalue weighted by atomic mass is 10.1. The normalized spacial score (nSPS) is 19.9. The van der Waals surface area contributed by atoms with Crippen molar-refractivity contribution in [3.63, 3.8) is 0 Å². The number of rotatable bonds is 2. The fourth-order valence-electron chi connectivity index (χ4n) is 2.04. The van der Waals surface area contributed by atoms with Crippen LogP contribution in [0.1, 0.15) is 22.1 Å². The number of nitrogens with one attached hydrogen (secondary N) is 1. The Bertz CT molecular complexity index is 579. The first-order chi connectivity index (χ1) is 8.86. The Morgan fingerprint density at radius 3 is 3.11 bits per heavy atom. The number of fused-ring (bicyclic) bond motifs is 1. The van der Waals surface area contributed by atoms with E-state index in [1.165, 1.54) is 0 Å². The Labute approximate surface area is 104 Å². The molecule has 1 aromatic heterocycles. The molecule has 1 unspecified atom stereocenters. The van der Waals surface area contributed by atoms with Gasteiger partial charge in [0.2, 0.25) is 0 Å². The van der Waals surface area contributed by atoms with Gasteiger partial charge in [0.1, 0.15) is 6.29 Å². The molecule has 2 aromatic rings. The van der Waals surface area contributed by atoms with E-state index in [-0.39, 0.29) is 6.04 Å². The molecule has 1 aliphatic heterocycles. The molecule has 0 radical (unpaired) electrons. The molecule has 1 N–H and O–H groups in total. The van der Waals surface area contributed by atoms with Crippen LogP contribution < -0.4 is 5.32 Å². The van der Waals surface area contributed by atoms with Gasteiger partial charge < -0.3 is 10.1 Å². The number of nitrogens with zero attached hydrogens (tertiary/aromatic N) is 2. The Hall–Kier alpha value is -1.85. The number of ether oxygens (including phenoxy) is 1. The number of hydrogen-bond donors (Lipinski definition) is 1. The van der Waals surface area contributed by atoms with E-state index in [9.17, 15) is 4.79 Å². The quantitative estimate of drug-likeness (QED) is 0.800. The number of carbonyl (C=O) groups is 1. The van der Waals surface area contributed by atoms with Crippen molar-refractivity contribution in [2.24, 2.45) is 0 Å². The predicted octanol–water partition coefficient (Wildman–Crippen LogP) is 1.10. The number of carbonyl (C=O) groups excluding carboxylic acids is 1. The lowest BCUT2D eigenvalue weighted by Crippen LogP contribution is -2.35. The van der Waals surface area contributed by atoms with Crippen molar-refractivity contribution in [2.45, 2.75) is 6.04 Å². The first-order valence-corrected chi connectivity index (χ1v) is 5.90. The molecule has 1 fully saturated rings. The summed E-state index contributed by atoms with van der Waals surface area (Å²) in [6, 6.07) is 5.41. The van der Waals surface area contributed by atoms with Gasteiger partial charge in [0.25, 0.3) is 0 Å². The van der Waals surface area contributed by atoms with Crippen LogP contribution in [0.2, 0.25) is 0 Å². The van der Waals surface area contributed by atoms with Crippen molar-refractivity contribution in [2.75, 3.05) is 19.8 Å². The van der Waals surface area contributed by atoms with Gasteiger partial charge in [0.05, 0.1) is 42.2 Å². The minimum absolute atomic E-state index is 0.0985. The Kier molecular flexibility index (Phi) is 3.00. The van der Waals surface area contributed by atoms with Crippen molar-refractivity contribution >= 4 is 17.3 Å². The van der Waals surface area contributed by atoms with E-state index >= 15 is 0 Å². The van der Waals surface area contributed by atoms with E-state index in [2.05, 4.69) is 15.3 Å². The Morgan fingerprint density at radius 1 is 1.39 bits per heavy atom. The summed E-state index contributed by atoms with van der Waals surface area (Å²) >= 11 is 0. The van der Waals surface area contributed by atoms with Crippen molar-refractivity contribution < 1.29 is 9.53 Å². The van der Waals surface area contributed by atoms with Gasteiger partial charge >= 0.3 is 0 Å². The van der Waals surface area contributed by atoms with Crippen LogP contribution in [0, 0.1) is 0 Å². The number of benzene rings is 1. The fourth-order valence-corrected chi connectivity index (χ4v) is 2.04. The highest BCUT2D eigenvalue weighted by Gasteiger charge is 2.17. The Morgan fingerprint density at radius 2 is 2.33 bits per heavy atom. The fraction of sp³-hybridized carbons (Fsp3) is 0.308. The minimum Gasteiger partial charge on any atom is -0.378 e. The Balaban J connectivity index is 1.97. The third kappa shape index (κ3) is 2.10. The van der Waals surface area contributed by atoms with Gasteiger partial charge in [0, 0.05) is 12.1 Å². The van der Waals surface area contributed by atoms with Crippen molar-refractivity contribution in [3.8, 4) is 0 Å². The van der Waals surface area contributed by atoms with Crippen LogP contribution in [-0.2, 0) is 4.74 Å². The third-order valence-corrected chi connectivity index (χ3v) is 3.00. The predicted molar refractivity (Wildman–Crippen MR) is 66.5 cm³/mol. The molecule has 18 heavy (non-hydrogen) atoms. The lowest BCUT2D eigenvalue weighted by Gasteiger charge is -2.23. The maximum atomic E-state index is 10.7. The van der Waals surface area contributed by atoms with Gasteiger partial charge in [-0.3, -0.25) is 9.78 Å². The molecule has 2 heterocycles. The van der Waals surface area contributed by atoms with E-state index in [1.54, 1.807) is 18.3 Å². The highest BCUT2D eigenvalue weighted by atomic mass is 16.5. The molecule has 0 amide bonds. The van der Waals surface area contributed by atoms with Crippen LogP contribution >= 0.6 is 0 Å². The monoisotopic (exact) mass is 243 g/mol. The summed E-state index contributed by atoms with van der Waals surface area (Å²) in [4.78, 5) is 19.6. The molecule has 5 heteroatoms. The number of morpholine rings is 1. The minimum atomic E-state index is 0.0985. The zero-order valence-corrected chi connectivity index (χ0v) is 9.80. The standard InChI is InChI=1S/C13H13N3O2/c17-7-9-1-2-10-11(5-9)15-6-12(16-10)13-8-18-4-3-14-13/h1-2,5-7,13-14H,3-4,8H2. The van der Waals surface area contributed by atoms with Crippen LogP contribution in [0.3, 0.4) is 0 Å². The van der Waals surface area contributed by atoms with Crippen LogP contribution in [0.4, 0.5) is 0 Å². The molecule has 0 saturated carbocycles. The van der Waals surface area contributed by atoms with E-state index in [0.717, 1.165) is 36.2 Å². The smallest absolute Gasteiger partial charge is 0.150 e. The number of hydrogen-bond acceptors (Lipinski definition) is 5. The molecule has 0 bridgehead atoms. The van der Waals surface area contributed by atoms with Crippen LogP contribution in [0.15, 0.2) is 24.4 Å². The number of aromatic nitrogens is 2. The summed E-state index contributed by atoms with van der Waals surface area (Å²) < 4.78 is 5.41. The molecule has 1 aromatic carbocycles. The molecule has 92 valence electrons. The second-order valence-electron chi connectivity index (χ2n) is 4.24. The summed E-state index contributed by atoms with van der Waals surface area (Å²) in [6.45, 7) is 2.18. The number of aldehydes is 1. The van der Waals surface area contributed by atoms with Crippen molar-refractivity contribution in [1.29, 1.82) is 0 Å². The first kappa shape index (κ1) is 11.3. The van der Waals surface area contributed by atoms with Gasteiger partial charge in [-0.05, 0) is 18.2 Å². The maximum Gasteiger partial charge on any atom is 0.150 e. The molecule has 1 saturated heterocycles. The van der Waals surface area contributed by atoms with E-state index in [1.807, 2.05) is 6.07 Å². The second kappa shape index (κ2) is 4.80. The molecule has 0 spiro atoms. The van der Waals surface area contributed by atoms with E-state index < -0.39 is 0 Å². The van der Waals surface area contributed by atoms with Gasteiger partial charge in [-0.1, -0.05) is 0 Å². The van der Waals surface area contributed by atoms with Crippen molar-refractivity contribution in [1.82, 2.24) is 15.3 Å². The summed E-state index contributed by atoms with van der Waals surface area (Å²) in [7, 11) is 0. The van der Waals surface area contributed by atoms with Crippen LogP contribution in [0.25, 0.3) is 11.0 Å². The molecule has 0 aliphatic carbocycles. The first-order valence-electron chi connectivity index (χ1n) is 5.90. The molecular weight excluding hydrogens is 230 g/mol. The van der Waals surface area contributed by atoms with Crippen LogP contribution in [-0.4, -0.2) is 36.0 Å². The zero-order chi connectivity index (χ0) is 12.4. The van der Waals surface area contributed by atoms with E-state index in [0.29, 0.717) is 12.2 Å². The summed E-state index contributed by atoms with van der Waals surface area (Å²) in [6.07, 6.45) is 2.55. The second-order valence-corrected chi connectivity index (χ2v) is 4.24. The molecule has 5 nitrogen and oxygen atoms in total. The van der Waals surface area contributed by atoms with Gasteiger partial charge in [0.15, 0.2) is 0 Å². The average molecular weight is 243 g/mol. The highest BCUT2D eigenvalue weighted by Crippen LogP contribution is 2.17. The SMILES string of the molecule is O=Cc1ccc2nc(C3COCCN3)cnc2c1. The molecule has 3 rings (SSSR count). The van der Waals surface area contributed by atoms with Crippen molar-refractivity contribution in [3.05, 3.63) is 35.7 Å². The van der Waals surface area contributed by atoms with Gasteiger partial charge in [-0.2, -0.15) is 0 Å². The lowest BCUT2D eigenvalue weighted by molar-refractivity contribution is 0.0756. The summed E-state index contributed by atoms with van der Waals surface area (Å²) in [5.41, 5.74) is 3.02. The molecular formula is C13H13N3O2. The third-order valence-electron chi connectivity index (χ3n) is 3.00. The van der Waals surface area contributed by atoms with Gasteiger partial charge in [-0.25, -0.2) is 4.98 Å². The highest BCUT2D eigenvalue weighted by molar-refractivity contribution is 5.84. The topological polar surface area (TPSA) is 64.1 Å². The zero-order valence-electron chi connectivity index (χ0n) is 9.80. The van der Waals surface area contributed by atoms with Gasteiger partial charge in [-0.15, -0.1) is 0 Å². The van der Waals surface area contributed by atoms with Crippen LogP contribution in [0.5, 0.6) is 0 Å². The largest absolute Gasteiger partial charge is 0.378 e. The molecule has 1 aliphatic rings. The summed E-state index contributed by atoms with van der Waals surface area (Å²) in [5.74, 6) is 0. The van der Waals surface area contributed by atoms with E-state index in [4.69, 9.17) is 4.74 Å².